The number of fused-ring (bicyclic) bond motifs is 1. The van der Waals surface area contributed by atoms with Gasteiger partial charge in [-0.15, -0.1) is 0 Å². The van der Waals surface area contributed by atoms with E-state index in [0.717, 1.165) is 16.5 Å². The topological polar surface area (TPSA) is 67.2 Å². The van der Waals surface area contributed by atoms with E-state index in [0.29, 0.717) is 27.3 Å². The van der Waals surface area contributed by atoms with Gasteiger partial charge < -0.3 is 9.73 Å². The first-order chi connectivity index (χ1) is 15.0. The van der Waals surface area contributed by atoms with Gasteiger partial charge >= 0.3 is 0 Å². The standard InChI is InChI=1S/C23H15Cl2N3O2S/c24-16-11-15(12-17(25)13-16)20-8-6-18(30-20)7-9-21(29)28-23(31)27-19-5-1-3-14-4-2-10-26-22(14)19/h1-13H,(H2,27,28,29,31)/b9-7+. The average Bonchev–Trinajstić information content (AvgIpc) is 3.21. The first-order valence-corrected chi connectivity index (χ1v) is 10.3. The number of nitrogens with zero attached hydrogens (tertiary/aromatic N) is 1. The molecule has 154 valence electrons. The van der Waals surface area contributed by atoms with Crippen molar-refractivity contribution in [3.8, 4) is 11.3 Å². The van der Waals surface area contributed by atoms with E-state index in [1.807, 2.05) is 30.3 Å². The maximum Gasteiger partial charge on any atom is 0.250 e. The first-order valence-electron chi connectivity index (χ1n) is 9.18. The van der Waals surface area contributed by atoms with Crippen LogP contribution in [0.3, 0.4) is 0 Å². The molecule has 0 atom stereocenters. The summed E-state index contributed by atoms with van der Waals surface area (Å²) in [6.45, 7) is 0. The summed E-state index contributed by atoms with van der Waals surface area (Å²) in [7, 11) is 0. The van der Waals surface area contributed by atoms with E-state index >= 15 is 0 Å². The number of aromatic nitrogens is 1. The van der Waals surface area contributed by atoms with Crippen molar-refractivity contribution < 1.29 is 9.21 Å². The minimum atomic E-state index is -0.394. The molecule has 4 rings (SSSR count). The average molecular weight is 468 g/mol. The van der Waals surface area contributed by atoms with Crippen molar-refractivity contribution in [2.45, 2.75) is 0 Å². The Morgan fingerprint density at radius 1 is 1.03 bits per heavy atom. The van der Waals surface area contributed by atoms with Crippen LogP contribution in [0.15, 0.2) is 77.4 Å². The second-order valence-corrected chi connectivity index (χ2v) is 7.80. The third-order valence-corrected chi connectivity index (χ3v) is 4.93. The highest BCUT2D eigenvalue weighted by atomic mass is 35.5. The number of anilines is 1. The molecule has 1 amide bonds. The number of para-hydroxylation sites is 1. The largest absolute Gasteiger partial charge is 0.457 e. The van der Waals surface area contributed by atoms with Gasteiger partial charge in [-0.3, -0.25) is 15.1 Å². The summed E-state index contributed by atoms with van der Waals surface area (Å²) in [4.78, 5) is 16.6. The summed E-state index contributed by atoms with van der Waals surface area (Å²) in [5, 5.41) is 7.77. The van der Waals surface area contributed by atoms with Crippen molar-refractivity contribution in [3.05, 3.63) is 88.7 Å². The molecule has 2 N–H and O–H groups in total. The lowest BCUT2D eigenvalue weighted by atomic mass is 10.2. The van der Waals surface area contributed by atoms with E-state index in [1.165, 1.54) is 6.08 Å². The molecule has 0 radical (unpaired) electrons. The summed E-state index contributed by atoms with van der Waals surface area (Å²) in [5.41, 5.74) is 2.22. The molecule has 5 nitrogen and oxygen atoms in total. The highest BCUT2D eigenvalue weighted by Gasteiger charge is 2.08. The van der Waals surface area contributed by atoms with Crippen LogP contribution >= 0.6 is 35.4 Å². The molecule has 2 heterocycles. The maximum absolute atomic E-state index is 12.2. The quantitative estimate of drug-likeness (QED) is 0.271. The van der Waals surface area contributed by atoms with Gasteiger partial charge in [-0.1, -0.05) is 41.4 Å². The molecule has 0 unspecified atom stereocenters. The van der Waals surface area contributed by atoms with Gasteiger partial charge in [0.05, 0.1) is 11.2 Å². The zero-order valence-corrected chi connectivity index (χ0v) is 18.3. The van der Waals surface area contributed by atoms with Crippen molar-refractivity contribution in [1.29, 1.82) is 0 Å². The summed E-state index contributed by atoms with van der Waals surface area (Å²) >= 11 is 17.3. The number of carbonyl (C=O) groups is 1. The first kappa shape index (κ1) is 21.1. The minimum Gasteiger partial charge on any atom is -0.457 e. The van der Waals surface area contributed by atoms with Crippen molar-refractivity contribution >= 4 is 69.1 Å². The van der Waals surface area contributed by atoms with Crippen LogP contribution < -0.4 is 10.6 Å². The Hall–Kier alpha value is -3.19. The molecule has 2 aromatic carbocycles. The second kappa shape index (κ2) is 9.31. The fourth-order valence-electron chi connectivity index (χ4n) is 2.96. The van der Waals surface area contributed by atoms with Crippen LogP contribution in [-0.2, 0) is 4.79 Å². The number of halogens is 2. The van der Waals surface area contributed by atoms with Crippen molar-refractivity contribution in [1.82, 2.24) is 10.3 Å². The zero-order valence-electron chi connectivity index (χ0n) is 15.9. The van der Waals surface area contributed by atoms with Crippen LogP contribution in [0.4, 0.5) is 5.69 Å². The molecule has 4 aromatic rings. The molecular weight excluding hydrogens is 453 g/mol. The molecule has 0 aliphatic carbocycles. The number of amides is 1. The SMILES string of the molecule is O=C(/C=C/c1ccc(-c2cc(Cl)cc(Cl)c2)o1)NC(=S)Nc1cccc2cccnc12. The molecule has 0 saturated carbocycles. The van der Waals surface area contributed by atoms with Crippen LogP contribution in [0, 0.1) is 0 Å². The Bertz CT molecular complexity index is 1290. The summed E-state index contributed by atoms with van der Waals surface area (Å²) < 4.78 is 5.74. The normalized spacial score (nSPS) is 11.0. The maximum atomic E-state index is 12.2. The van der Waals surface area contributed by atoms with E-state index in [2.05, 4.69) is 15.6 Å². The highest BCUT2D eigenvalue weighted by molar-refractivity contribution is 7.80. The lowest BCUT2D eigenvalue weighted by Crippen LogP contribution is -2.32. The van der Waals surface area contributed by atoms with Crippen molar-refractivity contribution in [2.75, 3.05) is 5.32 Å². The number of thiocarbonyl (C=S) groups is 1. The smallest absolute Gasteiger partial charge is 0.250 e. The Labute approximate surface area is 193 Å². The summed E-state index contributed by atoms with van der Waals surface area (Å²) in [5.74, 6) is 0.693. The van der Waals surface area contributed by atoms with Crippen LogP contribution in [0.25, 0.3) is 28.3 Å². The fourth-order valence-corrected chi connectivity index (χ4v) is 3.70. The van der Waals surface area contributed by atoms with Gasteiger partial charge in [-0.25, -0.2) is 0 Å². The van der Waals surface area contributed by atoms with Crippen LogP contribution in [-0.4, -0.2) is 16.0 Å². The number of nitrogens with one attached hydrogen (secondary N) is 2. The number of pyridine rings is 1. The number of hydrogen-bond donors (Lipinski definition) is 2. The highest BCUT2D eigenvalue weighted by Crippen LogP contribution is 2.29. The monoisotopic (exact) mass is 467 g/mol. The summed E-state index contributed by atoms with van der Waals surface area (Å²) in [6.07, 6.45) is 4.59. The predicted octanol–water partition coefficient (Wildman–Crippen LogP) is 6.33. The Balaban J connectivity index is 1.39. The number of hydrogen-bond acceptors (Lipinski definition) is 4. The lowest BCUT2D eigenvalue weighted by molar-refractivity contribution is -0.115. The Morgan fingerprint density at radius 2 is 1.81 bits per heavy atom. The van der Waals surface area contributed by atoms with E-state index in [1.54, 1.807) is 42.6 Å². The molecule has 0 bridgehead atoms. The number of carbonyl (C=O) groups excluding carboxylic acids is 1. The lowest BCUT2D eigenvalue weighted by Gasteiger charge is -2.10. The Kier molecular flexibility index (Phi) is 6.32. The second-order valence-electron chi connectivity index (χ2n) is 6.52. The minimum absolute atomic E-state index is 0.168. The van der Waals surface area contributed by atoms with Gasteiger partial charge in [0.15, 0.2) is 5.11 Å². The molecule has 0 spiro atoms. The summed E-state index contributed by atoms with van der Waals surface area (Å²) in [6, 6.07) is 18.2. The predicted molar refractivity (Wildman–Crippen MR) is 129 cm³/mol. The van der Waals surface area contributed by atoms with Gasteiger partial charge in [0.2, 0.25) is 5.91 Å². The van der Waals surface area contributed by atoms with Gasteiger partial charge in [0.1, 0.15) is 11.5 Å². The van der Waals surface area contributed by atoms with Crippen molar-refractivity contribution in [2.24, 2.45) is 0 Å². The van der Waals surface area contributed by atoms with E-state index in [4.69, 9.17) is 39.8 Å². The number of furan rings is 1. The molecule has 0 saturated heterocycles. The third-order valence-electron chi connectivity index (χ3n) is 4.29. The molecular formula is C23H15Cl2N3O2S. The fraction of sp³-hybridized carbons (Fsp3) is 0. The third kappa shape index (κ3) is 5.30. The van der Waals surface area contributed by atoms with Crippen molar-refractivity contribution in [3.63, 3.8) is 0 Å². The van der Waals surface area contributed by atoms with Gasteiger partial charge in [-0.2, -0.15) is 0 Å². The molecule has 0 fully saturated rings. The molecule has 0 aliphatic heterocycles. The molecule has 2 aromatic heterocycles. The van der Waals surface area contributed by atoms with E-state index in [-0.39, 0.29) is 5.11 Å². The van der Waals surface area contributed by atoms with Crippen LogP contribution in [0.2, 0.25) is 10.0 Å². The number of rotatable bonds is 4. The van der Waals surface area contributed by atoms with Crippen LogP contribution in [0.1, 0.15) is 5.76 Å². The van der Waals surface area contributed by atoms with Crippen LogP contribution in [0.5, 0.6) is 0 Å². The molecule has 31 heavy (non-hydrogen) atoms. The zero-order chi connectivity index (χ0) is 21.8. The van der Waals surface area contributed by atoms with Gasteiger partial charge in [0, 0.05) is 33.3 Å². The number of benzene rings is 2. The van der Waals surface area contributed by atoms with E-state index in [9.17, 15) is 4.79 Å². The van der Waals surface area contributed by atoms with E-state index < -0.39 is 5.91 Å². The van der Waals surface area contributed by atoms with Gasteiger partial charge in [0.25, 0.3) is 0 Å². The molecule has 0 aliphatic rings. The molecule has 8 heteroatoms. The Morgan fingerprint density at radius 3 is 2.61 bits per heavy atom. The van der Waals surface area contributed by atoms with Gasteiger partial charge in [-0.05, 0) is 60.8 Å².